The molecule has 2 N–H and O–H groups in total. The summed E-state index contributed by atoms with van der Waals surface area (Å²) in [6.07, 6.45) is 3.51. The highest BCUT2D eigenvalue weighted by Gasteiger charge is 2.23. The zero-order valence-electron chi connectivity index (χ0n) is 16.3. The highest BCUT2D eigenvalue weighted by atomic mass is 15.3. The highest BCUT2D eigenvalue weighted by molar-refractivity contribution is 5.48. The number of piperidine rings is 1. The molecule has 5 heteroatoms. The van der Waals surface area contributed by atoms with E-state index >= 15 is 0 Å². The number of rotatable bonds is 5. The summed E-state index contributed by atoms with van der Waals surface area (Å²) >= 11 is 0. The van der Waals surface area contributed by atoms with Crippen LogP contribution in [-0.4, -0.2) is 39.1 Å². The van der Waals surface area contributed by atoms with Crippen LogP contribution in [0.3, 0.4) is 0 Å². The van der Waals surface area contributed by atoms with Crippen LogP contribution in [0.2, 0.25) is 0 Å². The molecule has 5 nitrogen and oxygen atoms in total. The second kappa shape index (κ2) is 7.69. The minimum absolute atomic E-state index is 0.496. The number of nitrogen functional groups attached to an aromatic ring is 1. The lowest BCUT2D eigenvalue weighted by Gasteiger charge is -2.32. The molecule has 0 amide bonds. The summed E-state index contributed by atoms with van der Waals surface area (Å²) in [5.74, 6) is 1.79. The first-order chi connectivity index (χ1) is 13.1. The lowest BCUT2D eigenvalue weighted by atomic mass is 9.92. The topological polar surface area (TPSA) is 59.5 Å². The Balaban J connectivity index is 1.34. The van der Waals surface area contributed by atoms with Crippen molar-refractivity contribution >= 4 is 11.5 Å². The Kier molecular flexibility index (Phi) is 5.12. The van der Waals surface area contributed by atoms with Crippen molar-refractivity contribution in [2.75, 3.05) is 25.4 Å². The van der Waals surface area contributed by atoms with Crippen molar-refractivity contribution in [3.8, 4) is 0 Å². The van der Waals surface area contributed by atoms with E-state index in [0.29, 0.717) is 17.7 Å². The molecule has 0 spiro atoms. The van der Waals surface area contributed by atoms with Crippen LogP contribution in [0.5, 0.6) is 0 Å². The summed E-state index contributed by atoms with van der Waals surface area (Å²) in [5.41, 5.74) is 10.6. The number of aromatic nitrogens is 3. The van der Waals surface area contributed by atoms with E-state index in [2.05, 4.69) is 47.3 Å². The molecule has 0 radical (unpaired) electrons. The lowest BCUT2D eigenvalue weighted by molar-refractivity contribution is 0.205. The number of nitrogens with two attached hydrogens (primary N) is 1. The Morgan fingerprint density at radius 3 is 2.63 bits per heavy atom. The van der Waals surface area contributed by atoms with Gasteiger partial charge in [0.1, 0.15) is 5.82 Å². The molecule has 0 aliphatic carbocycles. The molecule has 0 saturated carbocycles. The summed E-state index contributed by atoms with van der Waals surface area (Å²) in [7, 11) is 0. The fourth-order valence-electron chi connectivity index (χ4n) is 4.12. The van der Waals surface area contributed by atoms with Crippen LogP contribution in [0, 0.1) is 6.92 Å². The molecule has 1 saturated heterocycles. The van der Waals surface area contributed by atoms with E-state index in [-0.39, 0.29) is 0 Å². The standard InChI is InChI=1S/C22H29N5/c1-16(18-6-4-3-5-7-18)8-11-26-12-9-19(10-13-26)20-15-21(23)27-22(24-20)14-17(2)25-27/h3-7,14-16,19H,8-13,23H2,1-2H3. The van der Waals surface area contributed by atoms with E-state index in [4.69, 9.17) is 10.7 Å². The van der Waals surface area contributed by atoms with E-state index in [1.165, 1.54) is 18.5 Å². The minimum Gasteiger partial charge on any atom is -0.384 e. The molecular weight excluding hydrogens is 334 g/mol. The molecule has 1 aliphatic rings. The number of hydrogen-bond donors (Lipinski definition) is 1. The number of benzene rings is 1. The second-order valence-electron chi connectivity index (χ2n) is 7.88. The zero-order valence-corrected chi connectivity index (χ0v) is 16.3. The van der Waals surface area contributed by atoms with E-state index in [9.17, 15) is 0 Å². The molecule has 1 atom stereocenters. The highest BCUT2D eigenvalue weighted by Crippen LogP contribution is 2.29. The van der Waals surface area contributed by atoms with Gasteiger partial charge in [0.25, 0.3) is 0 Å². The van der Waals surface area contributed by atoms with Gasteiger partial charge in [0.15, 0.2) is 5.65 Å². The number of anilines is 1. The first kappa shape index (κ1) is 18.0. The number of hydrogen-bond acceptors (Lipinski definition) is 4. The van der Waals surface area contributed by atoms with Gasteiger partial charge in [-0.15, -0.1) is 0 Å². The van der Waals surface area contributed by atoms with Gasteiger partial charge in [0.2, 0.25) is 0 Å². The van der Waals surface area contributed by atoms with Crippen LogP contribution in [0.1, 0.15) is 55.0 Å². The molecule has 1 fully saturated rings. The van der Waals surface area contributed by atoms with Crippen LogP contribution in [0.4, 0.5) is 5.82 Å². The van der Waals surface area contributed by atoms with Crippen LogP contribution in [0.25, 0.3) is 5.65 Å². The third kappa shape index (κ3) is 3.98. The maximum absolute atomic E-state index is 6.19. The van der Waals surface area contributed by atoms with Crippen LogP contribution in [0.15, 0.2) is 42.5 Å². The van der Waals surface area contributed by atoms with E-state index in [1.807, 2.05) is 19.1 Å². The smallest absolute Gasteiger partial charge is 0.157 e. The summed E-state index contributed by atoms with van der Waals surface area (Å²) in [6.45, 7) is 7.74. The third-order valence-corrected chi connectivity index (χ3v) is 5.85. The van der Waals surface area contributed by atoms with Gasteiger partial charge >= 0.3 is 0 Å². The van der Waals surface area contributed by atoms with Crippen molar-refractivity contribution in [3.05, 3.63) is 59.4 Å². The summed E-state index contributed by atoms with van der Waals surface area (Å²) in [5, 5.41) is 4.40. The van der Waals surface area contributed by atoms with Crippen molar-refractivity contribution in [2.45, 2.75) is 44.9 Å². The first-order valence-corrected chi connectivity index (χ1v) is 10.0. The van der Waals surface area contributed by atoms with Crippen LogP contribution >= 0.6 is 0 Å². The predicted octanol–water partition coefficient (Wildman–Crippen LogP) is 3.99. The van der Waals surface area contributed by atoms with Gasteiger partial charge < -0.3 is 10.6 Å². The number of aryl methyl sites for hydroxylation is 1. The normalized spacial score (nSPS) is 17.4. The maximum atomic E-state index is 6.19. The first-order valence-electron chi connectivity index (χ1n) is 10.0. The summed E-state index contributed by atoms with van der Waals surface area (Å²) < 4.78 is 1.74. The Morgan fingerprint density at radius 2 is 1.89 bits per heavy atom. The molecule has 142 valence electrons. The fourth-order valence-corrected chi connectivity index (χ4v) is 4.12. The van der Waals surface area contributed by atoms with Crippen molar-refractivity contribution < 1.29 is 0 Å². The second-order valence-corrected chi connectivity index (χ2v) is 7.88. The van der Waals surface area contributed by atoms with Gasteiger partial charge in [-0.3, -0.25) is 0 Å². The predicted molar refractivity (Wildman–Crippen MR) is 110 cm³/mol. The minimum atomic E-state index is 0.496. The van der Waals surface area contributed by atoms with E-state index < -0.39 is 0 Å². The third-order valence-electron chi connectivity index (χ3n) is 5.85. The average molecular weight is 364 g/mol. The molecule has 1 aliphatic heterocycles. The molecule has 0 bridgehead atoms. The molecule has 27 heavy (non-hydrogen) atoms. The Bertz CT molecular complexity index is 894. The van der Waals surface area contributed by atoms with Crippen molar-refractivity contribution in [2.24, 2.45) is 0 Å². The maximum Gasteiger partial charge on any atom is 0.157 e. The molecule has 3 heterocycles. The number of nitrogens with zero attached hydrogens (tertiary/aromatic N) is 4. The molecule has 2 aromatic heterocycles. The quantitative estimate of drug-likeness (QED) is 0.744. The van der Waals surface area contributed by atoms with Crippen molar-refractivity contribution in [1.82, 2.24) is 19.5 Å². The average Bonchev–Trinajstić information content (AvgIpc) is 3.08. The van der Waals surface area contributed by atoms with Gasteiger partial charge in [-0.1, -0.05) is 37.3 Å². The molecule has 1 unspecified atom stereocenters. The lowest BCUT2D eigenvalue weighted by Crippen LogP contribution is -2.34. The Labute approximate surface area is 161 Å². The van der Waals surface area contributed by atoms with Gasteiger partial charge in [0.05, 0.1) is 5.69 Å². The largest absolute Gasteiger partial charge is 0.384 e. The van der Waals surface area contributed by atoms with Crippen LogP contribution in [-0.2, 0) is 0 Å². The monoisotopic (exact) mass is 363 g/mol. The van der Waals surface area contributed by atoms with Crippen LogP contribution < -0.4 is 5.73 Å². The Morgan fingerprint density at radius 1 is 1.15 bits per heavy atom. The van der Waals surface area contributed by atoms with Gasteiger partial charge in [-0.05, 0) is 57.3 Å². The molecular formula is C22H29N5. The number of fused-ring (bicyclic) bond motifs is 1. The van der Waals surface area contributed by atoms with Gasteiger partial charge in [-0.25, -0.2) is 4.98 Å². The zero-order chi connectivity index (χ0) is 18.8. The number of likely N-dealkylation sites (tertiary alicyclic amines) is 1. The van der Waals surface area contributed by atoms with E-state index in [0.717, 1.165) is 43.0 Å². The molecule has 3 aromatic rings. The van der Waals surface area contributed by atoms with Crippen molar-refractivity contribution in [3.63, 3.8) is 0 Å². The summed E-state index contributed by atoms with van der Waals surface area (Å²) in [6, 6.07) is 14.8. The van der Waals surface area contributed by atoms with Gasteiger partial charge in [0, 0.05) is 23.7 Å². The fraction of sp³-hybridized carbons (Fsp3) is 0.455. The summed E-state index contributed by atoms with van der Waals surface area (Å²) in [4.78, 5) is 7.42. The molecule has 1 aromatic carbocycles. The van der Waals surface area contributed by atoms with Gasteiger partial charge in [-0.2, -0.15) is 9.61 Å². The van der Waals surface area contributed by atoms with E-state index in [1.54, 1.807) is 4.52 Å². The Hall–Kier alpha value is -2.40. The SMILES string of the molecule is Cc1cc2nc(C3CCN(CCC(C)c4ccccc4)CC3)cc(N)n2n1. The molecule has 4 rings (SSSR count). The van der Waals surface area contributed by atoms with Crippen molar-refractivity contribution in [1.29, 1.82) is 0 Å².